The first-order valence-corrected chi connectivity index (χ1v) is 10.5. The van der Waals surface area contributed by atoms with Gasteiger partial charge in [0, 0.05) is 47.2 Å². The Morgan fingerprint density at radius 1 is 1.13 bits per heavy atom. The van der Waals surface area contributed by atoms with Gasteiger partial charge < -0.3 is 9.88 Å². The summed E-state index contributed by atoms with van der Waals surface area (Å²) in [7, 11) is 0. The zero-order chi connectivity index (χ0) is 21.1. The molecular formula is C22H18ClN3O3S. The zero-order valence-corrected chi connectivity index (χ0v) is 17.4. The number of nitrogens with zero attached hydrogens (tertiary/aromatic N) is 1. The van der Waals surface area contributed by atoms with E-state index in [0.717, 1.165) is 33.8 Å². The molecule has 2 heterocycles. The molecule has 1 aliphatic rings. The molecule has 3 amide bonds. The summed E-state index contributed by atoms with van der Waals surface area (Å²) in [6.07, 6.45) is 3.93. The van der Waals surface area contributed by atoms with Gasteiger partial charge in [-0.3, -0.25) is 19.7 Å². The van der Waals surface area contributed by atoms with Crippen LogP contribution in [0.4, 0.5) is 4.79 Å². The van der Waals surface area contributed by atoms with Crippen LogP contribution in [-0.4, -0.2) is 21.6 Å². The highest BCUT2D eigenvalue weighted by Gasteiger charge is 2.25. The second kappa shape index (κ2) is 8.77. The van der Waals surface area contributed by atoms with Gasteiger partial charge in [-0.1, -0.05) is 41.9 Å². The fraction of sp³-hybridized carbons (Fsp3) is 0.136. The third kappa shape index (κ3) is 4.58. The lowest BCUT2D eigenvalue weighted by Gasteiger charge is -2.07. The van der Waals surface area contributed by atoms with Gasteiger partial charge in [0.15, 0.2) is 0 Å². The SMILES string of the molecule is O=C(CCn1cc(/C=C2\SC(=O)NC2=O)c2ccccc21)NCc1ccc(Cl)cc1. The van der Waals surface area contributed by atoms with Gasteiger partial charge in [-0.2, -0.15) is 0 Å². The van der Waals surface area contributed by atoms with Crippen molar-refractivity contribution >= 4 is 57.4 Å². The third-order valence-corrected chi connectivity index (χ3v) is 5.79. The Hall–Kier alpha value is -3.03. The lowest BCUT2D eigenvalue weighted by atomic mass is 10.1. The van der Waals surface area contributed by atoms with E-state index in [1.807, 2.05) is 47.2 Å². The van der Waals surface area contributed by atoms with Crippen molar-refractivity contribution in [2.45, 2.75) is 19.5 Å². The highest BCUT2D eigenvalue weighted by molar-refractivity contribution is 8.18. The molecule has 152 valence electrons. The number of thioether (sulfide) groups is 1. The Bertz CT molecular complexity index is 1170. The van der Waals surface area contributed by atoms with Crippen molar-refractivity contribution in [3.05, 3.63) is 75.8 Å². The molecule has 0 bridgehead atoms. The van der Waals surface area contributed by atoms with Crippen molar-refractivity contribution in [3.8, 4) is 0 Å². The fourth-order valence-corrected chi connectivity index (χ4v) is 4.05. The van der Waals surface area contributed by atoms with E-state index >= 15 is 0 Å². The van der Waals surface area contributed by atoms with Gasteiger partial charge in [0.1, 0.15) is 0 Å². The molecular weight excluding hydrogens is 422 g/mol. The van der Waals surface area contributed by atoms with Gasteiger partial charge in [0.05, 0.1) is 4.91 Å². The Labute approximate surface area is 182 Å². The number of halogens is 1. The number of aromatic nitrogens is 1. The van der Waals surface area contributed by atoms with Gasteiger partial charge in [-0.05, 0) is 41.6 Å². The smallest absolute Gasteiger partial charge is 0.290 e. The number of amides is 3. The molecule has 3 aromatic rings. The standard InChI is InChI=1S/C22H18ClN3O3S/c23-16-7-5-14(6-8-16)12-24-20(27)9-10-26-13-15(17-3-1-2-4-18(17)26)11-19-21(28)25-22(29)30-19/h1-8,11,13H,9-10,12H2,(H,24,27)(H,25,28,29)/b19-11-. The second-order valence-electron chi connectivity index (χ2n) is 6.80. The molecule has 1 saturated heterocycles. The van der Waals surface area contributed by atoms with E-state index in [0.29, 0.717) is 29.4 Å². The molecule has 0 radical (unpaired) electrons. The lowest BCUT2D eigenvalue weighted by molar-refractivity contribution is -0.121. The zero-order valence-electron chi connectivity index (χ0n) is 15.9. The largest absolute Gasteiger partial charge is 0.352 e. The first-order valence-electron chi connectivity index (χ1n) is 9.33. The molecule has 0 atom stereocenters. The monoisotopic (exact) mass is 439 g/mol. The quantitative estimate of drug-likeness (QED) is 0.560. The Kier molecular flexibility index (Phi) is 5.92. The van der Waals surface area contributed by atoms with E-state index in [9.17, 15) is 14.4 Å². The number of aryl methyl sites for hydroxylation is 1. The molecule has 1 aliphatic heterocycles. The van der Waals surface area contributed by atoms with Crippen molar-refractivity contribution in [1.29, 1.82) is 0 Å². The average Bonchev–Trinajstić information content (AvgIpc) is 3.25. The maximum Gasteiger partial charge on any atom is 0.290 e. The Morgan fingerprint density at radius 2 is 1.90 bits per heavy atom. The number of hydrogen-bond acceptors (Lipinski definition) is 4. The highest BCUT2D eigenvalue weighted by Crippen LogP contribution is 2.29. The third-order valence-electron chi connectivity index (χ3n) is 4.73. The van der Waals surface area contributed by atoms with E-state index in [1.54, 1.807) is 18.2 Å². The molecule has 8 heteroatoms. The summed E-state index contributed by atoms with van der Waals surface area (Å²) in [5, 5.41) is 6.42. The van der Waals surface area contributed by atoms with E-state index in [2.05, 4.69) is 10.6 Å². The average molecular weight is 440 g/mol. The maximum atomic E-state index is 12.3. The number of para-hydroxylation sites is 1. The van der Waals surface area contributed by atoms with Crippen molar-refractivity contribution < 1.29 is 14.4 Å². The molecule has 0 unspecified atom stereocenters. The van der Waals surface area contributed by atoms with Crippen LogP contribution >= 0.6 is 23.4 Å². The van der Waals surface area contributed by atoms with Crippen molar-refractivity contribution in [1.82, 2.24) is 15.2 Å². The van der Waals surface area contributed by atoms with E-state index in [4.69, 9.17) is 11.6 Å². The molecule has 30 heavy (non-hydrogen) atoms. The summed E-state index contributed by atoms with van der Waals surface area (Å²) in [5.74, 6) is -0.442. The lowest BCUT2D eigenvalue weighted by Crippen LogP contribution is -2.23. The van der Waals surface area contributed by atoms with Crippen LogP contribution in [0.3, 0.4) is 0 Å². The van der Waals surface area contributed by atoms with Crippen molar-refractivity contribution in [3.63, 3.8) is 0 Å². The summed E-state index contributed by atoms with van der Waals surface area (Å²) in [4.78, 5) is 35.9. The van der Waals surface area contributed by atoms with Gasteiger partial charge in [0.2, 0.25) is 5.91 Å². The van der Waals surface area contributed by atoms with Crippen LogP contribution in [0.25, 0.3) is 17.0 Å². The summed E-state index contributed by atoms with van der Waals surface area (Å²) in [6.45, 7) is 0.939. The number of rotatable bonds is 6. The maximum absolute atomic E-state index is 12.3. The number of hydrogen-bond donors (Lipinski definition) is 2. The van der Waals surface area contributed by atoms with Crippen LogP contribution in [0.15, 0.2) is 59.6 Å². The number of carbonyl (C=O) groups is 3. The predicted molar refractivity (Wildman–Crippen MR) is 119 cm³/mol. The van der Waals surface area contributed by atoms with Gasteiger partial charge >= 0.3 is 0 Å². The van der Waals surface area contributed by atoms with Crippen molar-refractivity contribution in [2.75, 3.05) is 0 Å². The predicted octanol–water partition coefficient (Wildman–Crippen LogP) is 4.33. The number of fused-ring (bicyclic) bond motifs is 1. The van der Waals surface area contributed by atoms with E-state index < -0.39 is 0 Å². The molecule has 0 saturated carbocycles. The molecule has 4 rings (SSSR count). The minimum Gasteiger partial charge on any atom is -0.352 e. The van der Waals surface area contributed by atoms with Crippen LogP contribution in [0.1, 0.15) is 17.5 Å². The van der Waals surface area contributed by atoms with Crippen LogP contribution < -0.4 is 10.6 Å². The number of benzene rings is 2. The van der Waals surface area contributed by atoms with E-state index in [-0.39, 0.29) is 17.1 Å². The molecule has 1 aromatic heterocycles. The molecule has 1 fully saturated rings. The minimum atomic E-state index is -0.386. The first kappa shape index (κ1) is 20.3. The van der Waals surface area contributed by atoms with E-state index in [1.165, 1.54) is 0 Å². The van der Waals surface area contributed by atoms with Crippen LogP contribution in [0.5, 0.6) is 0 Å². The summed E-state index contributed by atoms with van der Waals surface area (Å²) in [6, 6.07) is 15.1. The molecule has 0 aliphatic carbocycles. The Morgan fingerprint density at radius 3 is 2.63 bits per heavy atom. The molecule has 2 aromatic carbocycles. The second-order valence-corrected chi connectivity index (χ2v) is 8.25. The minimum absolute atomic E-state index is 0.0565. The number of imide groups is 1. The first-order chi connectivity index (χ1) is 14.5. The normalized spacial score (nSPS) is 15.0. The topological polar surface area (TPSA) is 80.2 Å². The molecule has 0 spiro atoms. The summed E-state index contributed by atoms with van der Waals surface area (Å²) >= 11 is 6.77. The number of nitrogens with one attached hydrogen (secondary N) is 2. The Balaban J connectivity index is 1.46. The molecule has 2 N–H and O–H groups in total. The van der Waals surface area contributed by atoms with Crippen LogP contribution in [-0.2, 0) is 22.7 Å². The molecule has 6 nitrogen and oxygen atoms in total. The van der Waals surface area contributed by atoms with Gasteiger partial charge in [0.25, 0.3) is 11.1 Å². The highest BCUT2D eigenvalue weighted by atomic mass is 35.5. The van der Waals surface area contributed by atoms with Gasteiger partial charge in [-0.15, -0.1) is 0 Å². The number of carbonyl (C=O) groups excluding carboxylic acids is 3. The van der Waals surface area contributed by atoms with Crippen LogP contribution in [0.2, 0.25) is 5.02 Å². The van der Waals surface area contributed by atoms with Gasteiger partial charge in [-0.25, -0.2) is 0 Å². The summed E-state index contributed by atoms with van der Waals surface area (Å²) in [5.41, 5.74) is 2.78. The summed E-state index contributed by atoms with van der Waals surface area (Å²) < 4.78 is 1.99. The van der Waals surface area contributed by atoms with Crippen LogP contribution in [0, 0.1) is 0 Å². The van der Waals surface area contributed by atoms with Crippen molar-refractivity contribution in [2.24, 2.45) is 0 Å². The fourth-order valence-electron chi connectivity index (χ4n) is 3.25.